The fourth-order valence-electron chi connectivity index (χ4n) is 4.14. The normalized spacial score (nSPS) is 18.3. The summed E-state index contributed by atoms with van der Waals surface area (Å²) in [6.07, 6.45) is 2.15. The lowest BCUT2D eigenvalue weighted by Gasteiger charge is -2.33. The van der Waals surface area contributed by atoms with Gasteiger partial charge in [-0.1, -0.05) is 0 Å². The Labute approximate surface area is 168 Å². The van der Waals surface area contributed by atoms with E-state index in [-0.39, 0.29) is 22.6 Å². The maximum Gasteiger partial charge on any atom is 0.420 e. The van der Waals surface area contributed by atoms with E-state index in [1.807, 2.05) is 0 Å². The van der Waals surface area contributed by atoms with Crippen LogP contribution in [0.1, 0.15) is 54.6 Å². The first kappa shape index (κ1) is 18.9. The van der Waals surface area contributed by atoms with Gasteiger partial charge in [-0.2, -0.15) is 18.3 Å². The summed E-state index contributed by atoms with van der Waals surface area (Å²) in [4.78, 5) is 24.8. The highest BCUT2D eigenvalue weighted by molar-refractivity contribution is 5.84. The first-order valence-corrected chi connectivity index (χ1v) is 9.80. The smallest absolute Gasteiger partial charge is 0.420 e. The molecule has 11 heteroatoms. The van der Waals surface area contributed by atoms with Crippen LogP contribution in [0.15, 0.2) is 17.2 Å². The van der Waals surface area contributed by atoms with Gasteiger partial charge in [0.25, 0.3) is 5.56 Å². The van der Waals surface area contributed by atoms with E-state index in [0.717, 1.165) is 24.4 Å². The molecule has 1 saturated heterocycles. The lowest BCUT2D eigenvalue weighted by molar-refractivity contribution is -0.137. The van der Waals surface area contributed by atoms with Gasteiger partial charge in [-0.25, -0.2) is 9.97 Å². The molecule has 0 bridgehead atoms. The topological polar surface area (TPSA) is 111 Å². The van der Waals surface area contributed by atoms with Crippen molar-refractivity contribution in [1.29, 1.82) is 0 Å². The van der Waals surface area contributed by atoms with Gasteiger partial charge >= 0.3 is 6.18 Å². The van der Waals surface area contributed by atoms with Crippen LogP contribution in [-0.4, -0.2) is 43.3 Å². The third-order valence-corrected chi connectivity index (χ3v) is 5.88. The number of hydrogen-bond donors (Lipinski definition) is 3. The van der Waals surface area contributed by atoms with E-state index in [4.69, 9.17) is 0 Å². The molecule has 5 rings (SSSR count). The highest BCUT2D eigenvalue weighted by Gasteiger charge is 2.40. The molecule has 0 spiro atoms. The minimum absolute atomic E-state index is 0.202. The predicted molar refractivity (Wildman–Crippen MR) is 102 cm³/mol. The average Bonchev–Trinajstić information content (AvgIpc) is 3.49. The molecule has 8 nitrogen and oxygen atoms in total. The van der Waals surface area contributed by atoms with E-state index in [1.165, 1.54) is 0 Å². The highest BCUT2D eigenvalue weighted by Crippen LogP contribution is 2.42. The van der Waals surface area contributed by atoms with Gasteiger partial charge < -0.3 is 15.0 Å². The summed E-state index contributed by atoms with van der Waals surface area (Å²) in [6, 6.07) is 0. The van der Waals surface area contributed by atoms with Crippen LogP contribution in [0.5, 0.6) is 5.75 Å². The molecule has 158 valence electrons. The molecule has 0 radical (unpaired) electrons. The van der Waals surface area contributed by atoms with Crippen LogP contribution >= 0.6 is 0 Å². The third-order valence-electron chi connectivity index (χ3n) is 5.88. The van der Waals surface area contributed by atoms with Gasteiger partial charge in [0.05, 0.1) is 23.5 Å². The van der Waals surface area contributed by atoms with Crippen molar-refractivity contribution < 1.29 is 18.3 Å². The molecule has 3 aromatic heterocycles. The van der Waals surface area contributed by atoms with Crippen molar-refractivity contribution in [3.05, 3.63) is 39.8 Å². The van der Waals surface area contributed by atoms with Crippen LogP contribution in [-0.2, 0) is 6.18 Å². The van der Waals surface area contributed by atoms with Crippen molar-refractivity contribution in [2.45, 2.75) is 43.7 Å². The number of alkyl halides is 3. The predicted octanol–water partition coefficient (Wildman–Crippen LogP) is 3.03. The van der Waals surface area contributed by atoms with Crippen molar-refractivity contribution in [1.82, 2.24) is 25.1 Å². The molecule has 0 aromatic carbocycles. The van der Waals surface area contributed by atoms with Crippen molar-refractivity contribution in [3.8, 4) is 5.75 Å². The van der Waals surface area contributed by atoms with Gasteiger partial charge in [-0.15, -0.1) is 0 Å². The Morgan fingerprint density at radius 3 is 2.33 bits per heavy atom. The molecule has 2 aliphatic rings. The minimum Gasteiger partial charge on any atom is -0.503 e. The van der Waals surface area contributed by atoms with Crippen molar-refractivity contribution >= 4 is 16.7 Å². The summed E-state index contributed by atoms with van der Waals surface area (Å²) in [5, 5.41) is 16.0. The maximum atomic E-state index is 13.6. The summed E-state index contributed by atoms with van der Waals surface area (Å²) in [5.41, 5.74) is -1.57. The second kappa shape index (κ2) is 6.71. The molecule has 1 aliphatic heterocycles. The highest BCUT2D eigenvalue weighted by atomic mass is 19.4. The summed E-state index contributed by atoms with van der Waals surface area (Å²) in [7, 11) is 0. The lowest BCUT2D eigenvalue weighted by Crippen LogP contribution is -2.33. The van der Waals surface area contributed by atoms with E-state index in [0.29, 0.717) is 31.8 Å². The van der Waals surface area contributed by atoms with Crippen LogP contribution in [0.2, 0.25) is 0 Å². The van der Waals surface area contributed by atoms with Gasteiger partial charge in [0.2, 0.25) is 0 Å². The molecular formula is C19H19F3N6O2. The standard InChI is InChI=1S/C19H19F3N6O2/c20-19(21,22)13-12-14(26-27-17(12)25-18(30)15(13)29)9-3-5-28(6-4-9)11-7-23-16(24-8-11)10-1-2-10/h7-10,29H,1-6H2,(H2,25,26,27,30). The number of piperidine rings is 1. The number of anilines is 1. The van der Waals surface area contributed by atoms with E-state index >= 15 is 0 Å². The molecule has 4 heterocycles. The molecule has 3 N–H and O–H groups in total. The molecule has 30 heavy (non-hydrogen) atoms. The second-order valence-electron chi connectivity index (χ2n) is 7.87. The van der Waals surface area contributed by atoms with Crippen LogP contribution in [0.3, 0.4) is 0 Å². The number of fused-ring (bicyclic) bond motifs is 1. The fourth-order valence-corrected chi connectivity index (χ4v) is 4.14. The number of nitrogens with zero attached hydrogens (tertiary/aromatic N) is 4. The lowest BCUT2D eigenvalue weighted by atomic mass is 9.90. The number of aromatic hydroxyl groups is 1. The number of aromatic nitrogens is 5. The van der Waals surface area contributed by atoms with Gasteiger partial charge in [0, 0.05) is 30.6 Å². The van der Waals surface area contributed by atoms with E-state index in [9.17, 15) is 23.1 Å². The van der Waals surface area contributed by atoms with Crippen molar-refractivity contribution in [2.24, 2.45) is 0 Å². The molecule has 1 saturated carbocycles. The average molecular weight is 420 g/mol. The number of halogens is 3. The van der Waals surface area contributed by atoms with Crippen LogP contribution < -0.4 is 10.5 Å². The summed E-state index contributed by atoms with van der Waals surface area (Å²) in [6.45, 7) is 1.24. The largest absolute Gasteiger partial charge is 0.503 e. The van der Waals surface area contributed by atoms with Crippen molar-refractivity contribution in [2.75, 3.05) is 18.0 Å². The number of pyridine rings is 1. The van der Waals surface area contributed by atoms with Crippen LogP contribution in [0.25, 0.3) is 11.0 Å². The minimum atomic E-state index is -4.88. The summed E-state index contributed by atoms with van der Waals surface area (Å²) < 4.78 is 40.8. The zero-order valence-electron chi connectivity index (χ0n) is 15.8. The zero-order valence-corrected chi connectivity index (χ0v) is 15.8. The molecule has 1 aliphatic carbocycles. The zero-order chi connectivity index (χ0) is 21.0. The Bertz CT molecular complexity index is 1140. The Hall–Kier alpha value is -3.11. The van der Waals surface area contributed by atoms with Crippen LogP contribution in [0.4, 0.5) is 18.9 Å². The monoisotopic (exact) mass is 420 g/mol. The van der Waals surface area contributed by atoms with Crippen LogP contribution in [0, 0.1) is 0 Å². The number of rotatable bonds is 3. The van der Waals surface area contributed by atoms with Gasteiger partial charge in [-0.05, 0) is 25.7 Å². The summed E-state index contributed by atoms with van der Waals surface area (Å²) in [5.74, 6) is -0.206. The second-order valence-corrected chi connectivity index (χ2v) is 7.87. The Kier molecular flexibility index (Phi) is 4.23. The van der Waals surface area contributed by atoms with E-state index < -0.39 is 23.0 Å². The summed E-state index contributed by atoms with van der Waals surface area (Å²) >= 11 is 0. The Morgan fingerprint density at radius 2 is 1.73 bits per heavy atom. The fraction of sp³-hybridized carbons (Fsp3) is 0.474. The number of nitrogens with one attached hydrogen (secondary N) is 2. The Balaban J connectivity index is 1.41. The number of aromatic amines is 2. The molecule has 0 atom stereocenters. The molecule has 2 fully saturated rings. The quantitative estimate of drug-likeness (QED) is 0.601. The number of hydrogen-bond acceptors (Lipinski definition) is 6. The molecule has 3 aromatic rings. The first-order chi connectivity index (χ1) is 14.3. The first-order valence-electron chi connectivity index (χ1n) is 9.80. The van der Waals surface area contributed by atoms with E-state index in [2.05, 4.69) is 30.0 Å². The molecule has 0 amide bonds. The SMILES string of the molecule is O=c1[nH]c2n[nH]c(C3CCN(c4cnc(C5CC5)nc4)CC3)c2c(C(F)(F)F)c1O. The third kappa shape index (κ3) is 3.17. The molecular weight excluding hydrogens is 401 g/mol. The van der Waals surface area contributed by atoms with Gasteiger partial charge in [-0.3, -0.25) is 9.89 Å². The van der Waals surface area contributed by atoms with Gasteiger partial charge in [0.1, 0.15) is 11.4 Å². The number of H-pyrrole nitrogens is 2. The van der Waals surface area contributed by atoms with E-state index in [1.54, 1.807) is 12.4 Å². The van der Waals surface area contributed by atoms with Gasteiger partial charge in [0.15, 0.2) is 11.4 Å². The Morgan fingerprint density at radius 1 is 1.07 bits per heavy atom. The molecule has 0 unspecified atom stereocenters. The van der Waals surface area contributed by atoms with Crippen molar-refractivity contribution in [3.63, 3.8) is 0 Å². The maximum absolute atomic E-state index is 13.6.